The minimum absolute atomic E-state index is 0.0964. The average Bonchev–Trinajstić information content (AvgIpc) is 2.57. The number of nitrogens with zero attached hydrogens (tertiary/aromatic N) is 3. The van der Waals surface area contributed by atoms with Crippen LogP contribution in [0.1, 0.15) is 39.7 Å². The van der Waals surface area contributed by atoms with Gasteiger partial charge in [-0.15, -0.1) is 0 Å². The maximum absolute atomic E-state index is 13.5. The SMILES string of the molecule is CCCOc1ncc(C(F)(F)F)c(N(C)c2ccccc2OC(C)(C)C)n1. The molecule has 1 heterocycles. The number of para-hydroxylation sites is 2. The maximum Gasteiger partial charge on any atom is 0.421 e. The van der Waals surface area contributed by atoms with Gasteiger partial charge in [-0.2, -0.15) is 18.2 Å². The van der Waals surface area contributed by atoms with Crippen LogP contribution in [-0.2, 0) is 6.18 Å². The number of alkyl halides is 3. The zero-order valence-electron chi connectivity index (χ0n) is 16.1. The summed E-state index contributed by atoms with van der Waals surface area (Å²) in [6.07, 6.45) is -3.17. The van der Waals surface area contributed by atoms with Crippen LogP contribution in [0.3, 0.4) is 0 Å². The second-order valence-electron chi connectivity index (χ2n) is 6.98. The van der Waals surface area contributed by atoms with E-state index in [0.29, 0.717) is 24.5 Å². The Balaban J connectivity index is 2.52. The minimum atomic E-state index is -4.60. The van der Waals surface area contributed by atoms with Crippen molar-refractivity contribution in [3.8, 4) is 11.8 Å². The molecular weight excluding hydrogens is 359 g/mol. The second kappa shape index (κ2) is 8.02. The van der Waals surface area contributed by atoms with Crippen molar-refractivity contribution in [3.63, 3.8) is 0 Å². The molecule has 0 aliphatic heterocycles. The Morgan fingerprint density at radius 2 is 1.78 bits per heavy atom. The van der Waals surface area contributed by atoms with Gasteiger partial charge in [0.2, 0.25) is 0 Å². The Morgan fingerprint density at radius 1 is 1.11 bits per heavy atom. The first kappa shape index (κ1) is 20.8. The van der Waals surface area contributed by atoms with Crippen LogP contribution in [0.25, 0.3) is 0 Å². The maximum atomic E-state index is 13.5. The zero-order valence-corrected chi connectivity index (χ0v) is 16.1. The summed E-state index contributed by atoms with van der Waals surface area (Å²) >= 11 is 0. The Kier molecular flexibility index (Phi) is 6.18. The fourth-order valence-electron chi connectivity index (χ4n) is 2.34. The van der Waals surface area contributed by atoms with Crippen LogP contribution in [0.2, 0.25) is 0 Å². The van der Waals surface area contributed by atoms with Crippen molar-refractivity contribution in [1.29, 1.82) is 0 Å². The summed E-state index contributed by atoms with van der Waals surface area (Å²) < 4.78 is 51.7. The van der Waals surface area contributed by atoms with E-state index >= 15 is 0 Å². The van der Waals surface area contributed by atoms with Crippen LogP contribution in [-0.4, -0.2) is 29.2 Å². The minimum Gasteiger partial charge on any atom is -0.486 e. The van der Waals surface area contributed by atoms with Crippen molar-refractivity contribution in [1.82, 2.24) is 9.97 Å². The first-order valence-corrected chi connectivity index (χ1v) is 8.61. The van der Waals surface area contributed by atoms with E-state index in [9.17, 15) is 13.2 Å². The molecule has 0 fully saturated rings. The highest BCUT2D eigenvalue weighted by molar-refractivity contribution is 5.68. The second-order valence-corrected chi connectivity index (χ2v) is 6.98. The van der Waals surface area contributed by atoms with E-state index in [-0.39, 0.29) is 11.8 Å². The molecule has 0 atom stereocenters. The molecule has 148 valence electrons. The monoisotopic (exact) mass is 383 g/mol. The molecule has 0 radical (unpaired) electrons. The van der Waals surface area contributed by atoms with Gasteiger partial charge >= 0.3 is 12.2 Å². The summed E-state index contributed by atoms with van der Waals surface area (Å²) in [6, 6.07) is 6.78. The van der Waals surface area contributed by atoms with Crippen molar-refractivity contribution in [2.24, 2.45) is 0 Å². The highest BCUT2D eigenvalue weighted by Gasteiger charge is 2.37. The average molecular weight is 383 g/mol. The number of aromatic nitrogens is 2. The lowest BCUT2D eigenvalue weighted by Crippen LogP contribution is -2.25. The van der Waals surface area contributed by atoms with E-state index in [2.05, 4.69) is 9.97 Å². The third-order valence-electron chi connectivity index (χ3n) is 3.45. The van der Waals surface area contributed by atoms with Gasteiger partial charge in [0.25, 0.3) is 0 Å². The van der Waals surface area contributed by atoms with E-state index in [0.717, 1.165) is 6.20 Å². The largest absolute Gasteiger partial charge is 0.486 e. The van der Waals surface area contributed by atoms with Crippen LogP contribution in [0.15, 0.2) is 30.5 Å². The molecule has 2 rings (SSSR count). The number of hydrogen-bond acceptors (Lipinski definition) is 5. The molecule has 2 aromatic rings. The molecule has 0 bridgehead atoms. The van der Waals surface area contributed by atoms with Gasteiger partial charge in [0.05, 0.1) is 12.3 Å². The van der Waals surface area contributed by atoms with Crippen molar-refractivity contribution >= 4 is 11.5 Å². The van der Waals surface area contributed by atoms with E-state index in [4.69, 9.17) is 9.47 Å². The lowest BCUT2D eigenvalue weighted by molar-refractivity contribution is -0.137. The number of benzene rings is 1. The number of halogens is 3. The van der Waals surface area contributed by atoms with Gasteiger partial charge in [0.1, 0.15) is 16.9 Å². The quantitative estimate of drug-likeness (QED) is 0.684. The summed E-state index contributed by atoms with van der Waals surface area (Å²) in [5.41, 5.74) is -0.998. The molecule has 1 aromatic carbocycles. The third kappa shape index (κ3) is 5.48. The number of anilines is 2. The fourth-order valence-corrected chi connectivity index (χ4v) is 2.34. The van der Waals surface area contributed by atoms with Crippen LogP contribution in [0, 0.1) is 0 Å². The molecule has 0 N–H and O–H groups in total. The van der Waals surface area contributed by atoms with E-state index in [1.165, 1.54) is 11.9 Å². The highest BCUT2D eigenvalue weighted by Crippen LogP contribution is 2.40. The smallest absolute Gasteiger partial charge is 0.421 e. The van der Waals surface area contributed by atoms with Crippen LogP contribution in [0.5, 0.6) is 11.8 Å². The van der Waals surface area contributed by atoms with Crippen LogP contribution in [0.4, 0.5) is 24.7 Å². The summed E-state index contributed by atoms with van der Waals surface area (Å²) in [7, 11) is 1.51. The van der Waals surface area contributed by atoms with Gasteiger partial charge < -0.3 is 14.4 Å². The van der Waals surface area contributed by atoms with Crippen LogP contribution < -0.4 is 14.4 Å². The van der Waals surface area contributed by atoms with Gasteiger partial charge in [-0.25, -0.2) is 4.98 Å². The van der Waals surface area contributed by atoms with E-state index in [1.54, 1.807) is 24.3 Å². The van der Waals surface area contributed by atoms with Crippen molar-refractivity contribution < 1.29 is 22.6 Å². The Bertz CT molecular complexity index is 774. The topological polar surface area (TPSA) is 47.5 Å². The molecule has 0 unspecified atom stereocenters. The van der Waals surface area contributed by atoms with Gasteiger partial charge in [0.15, 0.2) is 5.82 Å². The van der Waals surface area contributed by atoms with Crippen molar-refractivity contribution in [2.75, 3.05) is 18.6 Å². The molecule has 0 saturated carbocycles. The van der Waals surface area contributed by atoms with Gasteiger partial charge in [-0.05, 0) is 39.3 Å². The Morgan fingerprint density at radius 3 is 2.37 bits per heavy atom. The zero-order chi connectivity index (χ0) is 20.2. The first-order valence-electron chi connectivity index (χ1n) is 8.61. The Labute approximate surface area is 157 Å². The molecule has 0 spiro atoms. The summed E-state index contributed by atoms with van der Waals surface area (Å²) in [5, 5.41) is 0. The normalized spacial score (nSPS) is 12.0. The highest BCUT2D eigenvalue weighted by atomic mass is 19.4. The predicted octanol–water partition coefficient (Wildman–Crippen LogP) is 5.23. The predicted molar refractivity (Wildman–Crippen MR) is 97.7 cm³/mol. The number of rotatable bonds is 6. The van der Waals surface area contributed by atoms with Crippen molar-refractivity contribution in [3.05, 3.63) is 36.0 Å². The number of ether oxygens (including phenoxy) is 2. The first-order chi connectivity index (χ1) is 12.5. The molecular formula is C19H24F3N3O2. The standard InChI is InChI=1S/C19H24F3N3O2/c1-6-11-26-17-23-12-13(19(20,21)22)16(24-17)25(5)14-9-7-8-10-15(14)27-18(2,3)4/h7-10,12H,6,11H2,1-5H3. The third-order valence-corrected chi connectivity index (χ3v) is 3.45. The molecule has 8 heteroatoms. The van der Waals surface area contributed by atoms with Gasteiger partial charge in [-0.3, -0.25) is 0 Å². The van der Waals surface area contributed by atoms with Gasteiger partial charge in [-0.1, -0.05) is 19.1 Å². The van der Waals surface area contributed by atoms with Gasteiger partial charge in [0, 0.05) is 13.2 Å². The fraction of sp³-hybridized carbons (Fsp3) is 0.474. The lowest BCUT2D eigenvalue weighted by Gasteiger charge is -2.28. The molecule has 5 nitrogen and oxygen atoms in total. The molecule has 0 amide bonds. The molecule has 0 saturated heterocycles. The molecule has 0 aliphatic carbocycles. The Hall–Kier alpha value is -2.51. The molecule has 27 heavy (non-hydrogen) atoms. The summed E-state index contributed by atoms with van der Waals surface area (Å²) in [5.74, 6) is 0.156. The number of hydrogen-bond donors (Lipinski definition) is 0. The summed E-state index contributed by atoms with van der Waals surface area (Å²) in [6.45, 7) is 7.81. The lowest BCUT2D eigenvalue weighted by atomic mass is 10.1. The molecule has 0 aliphatic rings. The van der Waals surface area contributed by atoms with E-state index in [1.807, 2.05) is 27.7 Å². The van der Waals surface area contributed by atoms with Crippen LogP contribution >= 0.6 is 0 Å². The molecule has 1 aromatic heterocycles. The van der Waals surface area contributed by atoms with E-state index < -0.39 is 17.3 Å². The van der Waals surface area contributed by atoms with Crippen molar-refractivity contribution in [2.45, 2.75) is 45.9 Å². The summed E-state index contributed by atoms with van der Waals surface area (Å²) in [4.78, 5) is 9.04.